The first kappa shape index (κ1) is 15.8. The third kappa shape index (κ3) is 13.8. The lowest BCUT2D eigenvalue weighted by atomic mass is 10.4. The van der Waals surface area contributed by atoms with Crippen LogP contribution < -0.4 is 5.32 Å². The van der Waals surface area contributed by atoms with Gasteiger partial charge in [-0.1, -0.05) is 6.92 Å². The number of rotatable bonds is 13. The molecule has 0 aromatic rings. The molecule has 0 aromatic carbocycles. The molecule has 98 valence electrons. The first-order chi connectivity index (χ1) is 7.91. The van der Waals surface area contributed by atoms with Crippen molar-refractivity contribution >= 4 is 0 Å². The van der Waals surface area contributed by atoms with Crippen LogP contribution in [0.4, 0.5) is 0 Å². The van der Waals surface area contributed by atoms with Crippen LogP contribution in [0.3, 0.4) is 0 Å². The van der Waals surface area contributed by atoms with Crippen LogP contribution in [-0.2, 0) is 14.2 Å². The first-order valence-corrected chi connectivity index (χ1v) is 6.35. The van der Waals surface area contributed by atoms with Crippen molar-refractivity contribution in [2.24, 2.45) is 0 Å². The molecule has 16 heavy (non-hydrogen) atoms. The molecule has 0 radical (unpaired) electrons. The lowest BCUT2D eigenvalue weighted by molar-refractivity contribution is 0.0489. The predicted octanol–water partition coefficient (Wildman–Crippen LogP) is 1.45. The Balaban J connectivity index is 2.83. The molecule has 1 N–H and O–H groups in total. The fraction of sp³-hybridized carbons (Fsp3) is 1.00. The Hall–Kier alpha value is -0.160. The van der Waals surface area contributed by atoms with Crippen LogP contribution in [0.25, 0.3) is 0 Å². The fourth-order valence-corrected chi connectivity index (χ4v) is 1.18. The van der Waals surface area contributed by atoms with Gasteiger partial charge in [0.2, 0.25) is 0 Å². The summed E-state index contributed by atoms with van der Waals surface area (Å²) in [5, 5.41) is 3.30. The molecule has 0 fully saturated rings. The van der Waals surface area contributed by atoms with Crippen molar-refractivity contribution in [1.82, 2.24) is 5.32 Å². The standard InChI is InChI=1S/C12H27NO3/c1-3-8-15-11-12-16-10-7-13-6-5-9-14-4-2/h13H,3-12H2,1-2H3. The van der Waals surface area contributed by atoms with Crippen molar-refractivity contribution in [3.05, 3.63) is 0 Å². The topological polar surface area (TPSA) is 39.7 Å². The molecule has 0 saturated carbocycles. The largest absolute Gasteiger partial charge is 0.382 e. The van der Waals surface area contributed by atoms with Crippen molar-refractivity contribution in [1.29, 1.82) is 0 Å². The van der Waals surface area contributed by atoms with E-state index in [2.05, 4.69) is 12.2 Å². The van der Waals surface area contributed by atoms with Crippen molar-refractivity contribution in [3.63, 3.8) is 0 Å². The van der Waals surface area contributed by atoms with Gasteiger partial charge in [-0.15, -0.1) is 0 Å². The van der Waals surface area contributed by atoms with Crippen LogP contribution in [-0.4, -0.2) is 52.7 Å². The Labute approximate surface area is 99.6 Å². The van der Waals surface area contributed by atoms with Gasteiger partial charge >= 0.3 is 0 Å². The maximum absolute atomic E-state index is 5.39. The number of nitrogens with one attached hydrogen (secondary N) is 1. The van der Waals surface area contributed by atoms with Gasteiger partial charge in [-0.2, -0.15) is 0 Å². The van der Waals surface area contributed by atoms with Gasteiger partial charge in [0.05, 0.1) is 19.8 Å². The molecule has 0 bridgehead atoms. The van der Waals surface area contributed by atoms with E-state index in [0.29, 0.717) is 13.2 Å². The van der Waals surface area contributed by atoms with E-state index in [0.717, 1.165) is 52.4 Å². The summed E-state index contributed by atoms with van der Waals surface area (Å²) >= 11 is 0. The third-order valence-corrected chi connectivity index (χ3v) is 1.99. The molecule has 0 spiro atoms. The number of hydrogen-bond acceptors (Lipinski definition) is 4. The molecule has 4 nitrogen and oxygen atoms in total. The highest BCUT2D eigenvalue weighted by Crippen LogP contribution is 1.82. The quantitative estimate of drug-likeness (QED) is 0.489. The van der Waals surface area contributed by atoms with Crippen molar-refractivity contribution in [3.8, 4) is 0 Å². The molecule has 0 saturated heterocycles. The molecule has 0 aliphatic carbocycles. The van der Waals surface area contributed by atoms with Gasteiger partial charge in [0.1, 0.15) is 0 Å². The van der Waals surface area contributed by atoms with Crippen LogP contribution in [0.15, 0.2) is 0 Å². The van der Waals surface area contributed by atoms with E-state index in [1.165, 1.54) is 0 Å². The molecule has 0 aliphatic heterocycles. The summed E-state index contributed by atoms with van der Waals surface area (Å²) in [5.41, 5.74) is 0. The van der Waals surface area contributed by atoms with Crippen molar-refractivity contribution in [2.45, 2.75) is 26.7 Å². The lowest BCUT2D eigenvalue weighted by Crippen LogP contribution is -2.22. The molecule has 0 rings (SSSR count). The Morgan fingerprint density at radius 3 is 2.19 bits per heavy atom. The summed E-state index contributed by atoms with van der Waals surface area (Å²) in [6, 6.07) is 0. The average Bonchev–Trinajstić information content (AvgIpc) is 2.31. The normalized spacial score (nSPS) is 10.9. The number of ether oxygens (including phenoxy) is 3. The van der Waals surface area contributed by atoms with Gasteiger partial charge < -0.3 is 19.5 Å². The zero-order valence-electron chi connectivity index (χ0n) is 10.8. The van der Waals surface area contributed by atoms with Gasteiger partial charge in [-0.3, -0.25) is 0 Å². The minimum absolute atomic E-state index is 0.695. The molecule has 0 heterocycles. The molecule has 0 atom stereocenters. The van der Waals surface area contributed by atoms with Crippen LogP contribution in [0, 0.1) is 0 Å². The SMILES string of the molecule is CCCOCCOCCNCCCOCC. The summed E-state index contributed by atoms with van der Waals surface area (Å²) in [5.74, 6) is 0. The Kier molecular flexibility index (Phi) is 14.7. The second-order valence-corrected chi connectivity index (χ2v) is 3.53. The van der Waals surface area contributed by atoms with Gasteiger partial charge in [-0.05, 0) is 26.3 Å². The maximum Gasteiger partial charge on any atom is 0.0701 e. The molecule has 0 amide bonds. The van der Waals surface area contributed by atoms with Crippen molar-refractivity contribution < 1.29 is 14.2 Å². The first-order valence-electron chi connectivity index (χ1n) is 6.35. The Morgan fingerprint density at radius 1 is 0.750 bits per heavy atom. The van der Waals surface area contributed by atoms with Crippen LogP contribution in [0.1, 0.15) is 26.7 Å². The van der Waals surface area contributed by atoms with E-state index in [9.17, 15) is 0 Å². The summed E-state index contributed by atoms with van der Waals surface area (Å²) in [6.45, 7) is 10.7. The maximum atomic E-state index is 5.39. The molecular weight excluding hydrogens is 206 g/mol. The average molecular weight is 233 g/mol. The van der Waals surface area contributed by atoms with E-state index in [-0.39, 0.29) is 0 Å². The Morgan fingerprint density at radius 2 is 1.50 bits per heavy atom. The van der Waals surface area contributed by atoms with E-state index in [1.807, 2.05) is 6.92 Å². The molecule has 0 unspecified atom stereocenters. The van der Waals surface area contributed by atoms with Crippen molar-refractivity contribution in [2.75, 3.05) is 52.7 Å². The summed E-state index contributed by atoms with van der Waals surface area (Å²) < 4.78 is 15.9. The smallest absolute Gasteiger partial charge is 0.0701 e. The zero-order chi connectivity index (χ0) is 11.9. The highest BCUT2D eigenvalue weighted by molar-refractivity contribution is 4.46. The summed E-state index contributed by atoms with van der Waals surface area (Å²) in [6.07, 6.45) is 2.13. The van der Waals surface area contributed by atoms with E-state index < -0.39 is 0 Å². The highest BCUT2D eigenvalue weighted by Gasteiger charge is 1.90. The minimum Gasteiger partial charge on any atom is -0.382 e. The van der Waals surface area contributed by atoms with Crippen LogP contribution in [0.5, 0.6) is 0 Å². The molecule has 4 heteroatoms. The minimum atomic E-state index is 0.695. The summed E-state index contributed by atoms with van der Waals surface area (Å²) in [4.78, 5) is 0. The zero-order valence-corrected chi connectivity index (χ0v) is 10.8. The second kappa shape index (κ2) is 14.8. The lowest BCUT2D eigenvalue weighted by Gasteiger charge is -2.06. The van der Waals surface area contributed by atoms with Gasteiger partial charge in [0.25, 0.3) is 0 Å². The van der Waals surface area contributed by atoms with Gasteiger partial charge in [-0.25, -0.2) is 0 Å². The molecule has 0 aliphatic rings. The molecule has 0 aromatic heterocycles. The van der Waals surface area contributed by atoms with E-state index in [1.54, 1.807) is 0 Å². The Bertz CT molecular complexity index is 109. The molecular formula is C12H27NO3. The van der Waals surface area contributed by atoms with Gasteiger partial charge in [0, 0.05) is 26.4 Å². The highest BCUT2D eigenvalue weighted by atomic mass is 16.5. The van der Waals surface area contributed by atoms with E-state index >= 15 is 0 Å². The third-order valence-electron chi connectivity index (χ3n) is 1.99. The second-order valence-electron chi connectivity index (χ2n) is 3.53. The number of hydrogen-bond donors (Lipinski definition) is 1. The van der Waals surface area contributed by atoms with Crippen LogP contribution in [0.2, 0.25) is 0 Å². The predicted molar refractivity (Wildman–Crippen MR) is 65.9 cm³/mol. The fourth-order valence-electron chi connectivity index (χ4n) is 1.18. The van der Waals surface area contributed by atoms with E-state index in [4.69, 9.17) is 14.2 Å². The van der Waals surface area contributed by atoms with Crippen LogP contribution >= 0.6 is 0 Å². The summed E-state index contributed by atoms with van der Waals surface area (Å²) in [7, 11) is 0. The van der Waals surface area contributed by atoms with Gasteiger partial charge in [0.15, 0.2) is 0 Å². The monoisotopic (exact) mass is 233 g/mol.